The standard InChI is InChI=1S/C6H7N2O/c7-4-3-6(1-2-6)8-5-9/h1-3H2,(H,8,9). The van der Waals surface area contributed by atoms with Crippen molar-refractivity contribution in [2.24, 2.45) is 0 Å². The SMILES string of the molecule is N#CCC1(N[C]=O)CC1. The highest BCUT2D eigenvalue weighted by molar-refractivity contribution is 5.50. The molecule has 1 amide bonds. The minimum absolute atomic E-state index is 0.184. The van der Waals surface area contributed by atoms with Gasteiger partial charge in [-0.1, -0.05) is 0 Å². The Bertz CT molecular complexity index is 155. The molecule has 9 heavy (non-hydrogen) atoms. The summed E-state index contributed by atoms with van der Waals surface area (Å²) in [6, 6.07) is 2.01. The van der Waals surface area contributed by atoms with E-state index in [2.05, 4.69) is 5.32 Å². The Kier molecular flexibility index (Phi) is 1.39. The van der Waals surface area contributed by atoms with Crippen LogP contribution in [0.5, 0.6) is 0 Å². The molecular formula is C6H7N2O. The molecule has 1 fully saturated rings. The van der Waals surface area contributed by atoms with Crippen LogP contribution in [0.15, 0.2) is 0 Å². The molecule has 0 spiro atoms. The van der Waals surface area contributed by atoms with Crippen molar-refractivity contribution >= 4 is 6.41 Å². The third-order valence-electron chi connectivity index (χ3n) is 1.59. The molecule has 0 aromatic rings. The van der Waals surface area contributed by atoms with E-state index in [9.17, 15) is 4.79 Å². The molecule has 0 heterocycles. The van der Waals surface area contributed by atoms with Gasteiger partial charge < -0.3 is 5.32 Å². The molecule has 1 N–H and O–H groups in total. The monoisotopic (exact) mass is 123 g/mol. The lowest BCUT2D eigenvalue weighted by Crippen LogP contribution is -2.28. The van der Waals surface area contributed by atoms with Crippen LogP contribution in [0.1, 0.15) is 19.3 Å². The molecule has 1 saturated carbocycles. The summed E-state index contributed by atoms with van der Waals surface area (Å²) < 4.78 is 0. The van der Waals surface area contributed by atoms with Gasteiger partial charge in [0.25, 0.3) is 0 Å². The molecule has 1 aliphatic carbocycles. The van der Waals surface area contributed by atoms with E-state index in [0.29, 0.717) is 6.42 Å². The van der Waals surface area contributed by atoms with E-state index in [1.165, 1.54) is 0 Å². The number of carbonyl (C=O) groups excluding carboxylic acids is 1. The predicted octanol–water partition coefficient (Wildman–Crippen LogP) is 0.0895. The van der Waals surface area contributed by atoms with Crippen LogP contribution in [0.4, 0.5) is 0 Å². The fraction of sp³-hybridized carbons (Fsp3) is 0.667. The maximum absolute atomic E-state index is 9.79. The molecule has 0 bridgehead atoms. The normalized spacial score (nSPS) is 19.9. The van der Waals surface area contributed by atoms with E-state index in [1.807, 2.05) is 6.07 Å². The molecule has 0 aromatic carbocycles. The highest BCUT2D eigenvalue weighted by Crippen LogP contribution is 2.37. The summed E-state index contributed by atoms with van der Waals surface area (Å²) in [5, 5.41) is 10.8. The predicted molar refractivity (Wildman–Crippen MR) is 31.0 cm³/mol. The van der Waals surface area contributed by atoms with Crippen LogP contribution in [0.3, 0.4) is 0 Å². The Balaban J connectivity index is 2.35. The van der Waals surface area contributed by atoms with Gasteiger partial charge >= 0.3 is 6.41 Å². The first-order chi connectivity index (χ1) is 4.33. The molecule has 0 unspecified atom stereocenters. The van der Waals surface area contributed by atoms with Gasteiger partial charge in [-0.15, -0.1) is 0 Å². The molecule has 0 aliphatic heterocycles. The van der Waals surface area contributed by atoms with E-state index in [-0.39, 0.29) is 5.54 Å². The van der Waals surface area contributed by atoms with Crippen LogP contribution in [0, 0.1) is 11.3 Å². The summed E-state index contributed by atoms with van der Waals surface area (Å²) in [5.74, 6) is 0. The average Bonchev–Trinajstić information content (AvgIpc) is 2.51. The van der Waals surface area contributed by atoms with Gasteiger partial charge in [-0.05, 0) is 12.8 Å². The van der Waals surface area contributed by atoms with E-state index in [0.717, 1.165) is 12.8 Å². The Hall–Kier alpha value is -1.04. The van der Waals surface area contributed by atoms with Crippen LogP contribution in [-0.4, -0.2) is 11.9 Å². The maximum atomic E-state index is 9.79. The third kappa shape index (κ3) is 1.20. The van der Waals surface area contributed by atoms with E-state index >= 15 is 0 Å². The van der Waals surface area contributed by atoms with Gasteiger partial charge in [0.05, 0.1) is 18.0 Å². The summed E-state index contributed by atoms with van der Waals surface area (Å²) in [6.07, 6.45) is 3.88. The molecule has 3 heteroatoms. The molecule has 0 saturated heterocycles. The lowest BCUT2D eigenvalue weighted by Gasteiger charge is -2.05. The zero-order chi connectivity index (χ0) is 6.74. The van der Waals surface area contributed by atoms with E-state index in [4.69, 9.17) is 5.26 Å². The second kappa shape index (κ2) is 2.06. The van der Waals surface area contributed by atoms with Gasteiger partial charge in [0, 0.05) is 0 Å². The van der Waals surface area contributed by atoms with Crippen LogP contribution < -0.4 is 5.32 Å². The quantitative estimate of drug-likeness (QED) is 0.541. The molecule has 1 radical (unpaired) electrons. The zero-order valence-corrected chi connectivity index (χ0v) is 4.98. The first-order valence-electron chi connectivity index (χ1n) is 2.84. The fourth-order valence-electron chi connectivity index (χ4n) is 0.756. The van der Waals surface area contributed by atoms with Crippen molar-refractivity contribution in [2.75, 3.05) is 0 Å². The minimum Gasteiger partial charge on any atom is -0.341 e. The van der Waals surface area contributed by atoms with Crippen molar-refractivity contribution in [1.82, 2.24) is 5.32 Å². The summed E-state index contributed by atoms with van der Waals surface area (Å²) in [7, 11) is 0. The van der Waals surface area contributed by atoms with Crippen molar-refractivity contribution in [3.05, 3.63) is 0 Å². The van der Waals surface area contributed by atoms with Gasteiger partial charge in [-0.3, -0.25) is 4.79 Å². The second-order valence-electron chi connectivity index (χ2n) is 2.34. The minimum atomic E-state index is -0.184. The molecule has 1 aliphatic rings. The molecule has 1 rings (SSSR count). The molecule has 3 nitrogen and oxygen atoms in total. The van der Waals surface area contributed by atoms with Gasteiger partial charge in [-0.25, -0.2) is 0 Å². The van der Waals surface area contributed by atoms with E-state index < -0.39 is 0 Å². The third-order valence-corrected chi connectivity index (χ3v) is 1.59. The number of amides is 1. The first kappa shape index (κ1) is 6.09. The Morgan fingerprint density at radius 2 is 2.33 bits per heavy atom. The Morgan fingerprint density at radius 1 is 1.67 bits per heavy atom. The molecule has 47 valence electrons. The number of nitriles is 1. The van der Waals surface area contributed by atoms with Crippen LogP contribution in [-0.2, 0) is 4.79 Å². The van der Waals surface area contributed by atoms with Gasteiger partial charge in [0.15, 0.2) is 0 Å². The second-order valence-corrected chi connectivity index (χ2v) is 2.34. The molecule has 0 atom stereocenters. The molecular weight excluding hydrogens is 116 g/mol. The maximum Gasteiger partial charge on any atom is 0.309 e. The van der Waals surface area contributed by atoms with Crippen LogP contribution >= 0.6 is 0 Å². The Morgan fingerprint density at radius 3 is 2.67 bits per heavy atom. The fourth-order valence-corrected chi connectivity index (χ4v) is 0.756. The number of hydrogen-bond donors (Lipinski definition) is 1. The van der Waals surface area contributed by atoms with Gasteiger partial charge in [-0.2, -0.15) is 5.26 Å². The number of rotatable bonds is 3. The van der Waals surface area contributed by atoms with Crippen molar-refractivity contribution in [3.8, 4) is 6.07 Å². The summed E-state index contributed by atoms with van der Waals surface area (Å²) in [4.78, 5) is 9.79. The average molecular weight is 123 g/mol. The summed E-state index contributed by atoms with van der Waals surface area (Å²) in [5.41, 5.74) is -0.184. The van der Waals surface area contributed by atoms with Crippen molar-refractivity contribution in [3.63, 3.8) is 0 Å². The van der Waals surface area contributed by atoms with Crippen molar-refractivity contribution < 1.29 is 4.79 Å². The highest BCUT2D eigenvalue weighted by atomic mass is 16.1. The zero-order valence-electron chi connectivity index (χ0n) is 4.98. The van der Waals surface area contributed by atoms with Gasteiger partial charge in [0.2, 0.25) is 0 Å². The Labute approximate surface area is 53.7 Å². The summed E-state index contributed by atoms with van der Waals surface area (Å²) >= 11 is 0. The number of hydrogen-bond acceptors (Lipinski definition) is 2. The lowest BCUT2D eigenvalue weighted by molar-refractivity contribution is 0.513. The number of nitrogens with one attached hydrogen (secondary N) is 1. The van der Waals surface area contributed by atoms with Crippen molar-refractivity contribution in [2.45, 2.75) is 24.8 Å². The smallest absolute Gasteiger partial charge is 0.309 e. The van der Waals surface area contributed by atoms with Gasteiger partial charge in [0.1, 0.15) is 0 Å². The topological polar surface area (TPSA) is 52.9 Å². The highest BCUT2D eigenvalue weighted by Gasteiger charge is 2.42. The number of nitrogens with zero attached hydrogens (tertiary/aromatic N) is 1. The first-order valence-corrected chi connectivity index (χ1v) is 2.84. The summed E-state index contributed by atoms with van der Waals surface area (Å²) in [6.45, 7) is 0. The van der Waals surface area contributed by atoms with Crippen molar-refractivity contribution in [1.29, 1.82) is 5.26 Å². The molecule has 0 aromatic heterocycles. The lowest BCUT2D eigenvalue weighted by atomic mass is 10.2. The van der Waals surface area contributed by atoms with Crippen LogP contribution in [0.25, 0.3) is 0 Å². The van der Waals surface area contributed by atoms with Crippen LogP contribution in [0.2, 0.25) is 0 Å². The van der Waals surface area contributed by atoms with E-state index in [1.54, 1.807) is 6.41 Å². The largest absolute Gasteiger partial charge is 0.341 e.